The van der Waals surface area contributed by atoms with Gasteiger partial charge in [-0.1, -0.05) is 12.1 Å². The van der Waals surface area contributed by atoms with E-state index in [1.165, 1.54) is 12.6 Å². The van der Waals surface area contributed by atoms with E-state index in [0.717, 1.165) is 5.76 Å². The summed E-state index contributed by atoms with van der Waals surface area (Å²) < 4.78 is 5.51. The number of furan rings is 1. The highest BCUT2D eigenvalue weighted by molar-refractivity contribution is 5.75. The van der Waals surface area contributed by atoms with Crippen molar-refractivity contribution in [1.29, 1.82) is 0 Å². The Hall–Kier alpha value is -1.78. The fraction of sp³-hybridized carbons (Fsp3) is 0.455. The van der Waals surface area contributed by atoms with Crippen LogP contribution in [-0.2, 0) is 9.63 Å². The largest absolute Gasteiger partial charge is 0.479 e. The highest BCUT2D eigenvalue weighted by Crippen LogP contribution is 2.47. The number of hydrogen-bond donors (Lipinski definition) is 1. The molecule has 2 rings (SSSR count). The maximum Gasteiger partial charge on any atom is 0.344 e. The standard InChI is InChI=1S/C11H13NO4/c1-7-4-9(7)10-3-2-8(16-10)5-12-15-6-11(13)14/h2-3,5,7,9H,4,6H2,1H3,(H,13,14). The monoisotopic (exact) mass is 223 g/mol. The molecule has 5 heteroatoms. The van der Waals surface area contributed by atoms with Crippen LogP contribution < -0.4 is 0 Å². The molecule has 86 valence electrons. The minimum Gasteiger partial charge on any atom is -0.479 e. The van der Waals surface area contributed by atoms with Crippen molar-refractivity contribution in [3.05, 3.63) is 23.7 Å². The van der Waals surface area contributed by atoms with E-state index in [0.29, 0.717) is 17.6 Å². The zero-order chi connectivity index (χ0) is 11.5. The normalized spacial score (nSPS) is 23.6. The van der Waals surface area contributed by atoms with Crippen LogP contribution in [-0.4, -0.2) is 23.9 Å². The molecule has 1 N–H and O–H groups in total. The molecule has 1 fully saturated rings. The van der Waals surface area contributed by atoms with Gasteiger partial charge < -0.3 is 14.4 Å². The number of carbonyl (C=O) groups is 1. The van der Waals surface area contributed by atoms with Gasteiger partial charge >= 0.3 is 5.97 Å². The second kappa shape index (κ2) is 4.38. The van der Waals surface area contributed by atoms with Crippen LogP contribution in [0.5, 0.6) is 0 Å². The number of aliphatic carboxylic acids is 1. The summed E-state index contributed by atoms with van der Waals surface area (Å²) in [5.41, 5.74) is 0. The van der Waals surface area contributed by atoms with Crippen molar-refractivity contribution in [3.63, 3.8) is 0 Å². The van der Waals surface area contributed by atoms with E-state index in [4.69, 9.17) is 9.52 Å². The first-order chi connectivity index (χ1) is 7.66. The third-order valence-electron chi connectivity index (χ3n) is 2.57. The van der Waals surface area contributed by atoms with Crippen molar-refractivity contribution in [2.75, 3.05) is 6.61 Å². The van der Waals surface area contributed by atoms with Crippen molar-refractivity contribution in [1.82, 2.24) is 0 Å². The van der Waals surface area contributed by atoms with Crippen molar-refractivity contribution >= 4 is 12.2 Å². The number of oxime groups is 1. The zero-order valence-electron chi connectivity index (χ0n) is 8.92. The summed E-state index contributed by atoms with van der Waals surface area (Å²) in [5.74, 6) is 1.72. The van der Waals surface area contributed by atoms with E-state index < -0.39 is 12.6 Å². The first kappa shape index (κ1) is 10.7. The predicted molar refractivity (Wildman–Crippen MR) is 56.4 cm³/mol. The molecular weight excluding hydrogens is 210 g/mol. The molecule has 1 saturated carbocycles. The SMILES string of the molecule is CC1CC1c1ccc(C=NOCC(=O)O)o1. The van der Waals surface area contributed by atoms with E-state index in [2.05, 4.69) is 16.9 Å². The van der Waals surface area contributed by atoms with Gasteiger partial charge in [-0.2, -0.15) is 0 Å². The van der Waals surface area contributed by atoms with Crippen LogP contribution in [0.2, 0.25) is 0 Å². The van der Waals surface area contributed by atoms with Crippen LogP contribution in [0.3, 0.4) is 0 Å². The smallest absolute Gasteiger partial charge is 0.344 e. The fourth-order valence-electron chi connectivity index (χ4n) is 1.54. The first-order valence-corrected chi connectivity index (χ1v) is 5.13. The molecule has 16 heavy (non-hydrogen) atoms. The summed E-state index contributed by atoms with van der Waals surface area (Å²) in [7, 11) is 0. The van der Waals surface area contributed by atoms with E-state index in [1.807, 2.05) is 6.07 Å². The van der Waals surface area contributed by atoms with E-state index >= 15 is 0 Å². The Morgan fingerprint density at radius 2 is 2.50 bits per heavy atom. The molecule has 0 bridgehead atoms. The summed E-state index contributed by atoms with van der Waals surface area (Å²) in [6.07, 6.45) is 2.54. The van der Waals surface area contributed by atoms with Crippen molar-refractivity contribution in [2.24, 2.45) is 11.1 Å². The quantitative estimate of drug-likeness (QED) is 0.610. The third kappa shape index (κ3) is 2.62. The van der Waals surface area contributed by atoms with Crippen LogP contribution in [0.25, 0.3) is 0 Å². The second-order valence-corrected chi connectivity index (χ2v) is 3.96. The summed E-state index contributed by atoms with van der Waals surface area (Å²) in [6.45, 7) is 1.74. The third-order valence-corrected chi connectivity index (χ3v) is 2.57. The molecule has 1 aromatic rings. The first-order valence-electron chi connectivity index (χ1n) is 5.13. The van der Waals surface area contributed by atoms with Gasteiger partial charge in [0.1, 0.15) is 17.7 Å². The highest BCUT2D eigenvalue weighted by atomic mass is 16.6. The lowest BCUT2D eigenvalue weighted by Gasteiger charge is -1.92. The van der Waals surface area contributed by atoms with Gasteiger partial charge in [0, 0.05) is 5.92 Å². The molecule has 1 aromatic heterocycles. The van der Waals surface area contributed by atoms with Crippen LogP contribution in [0.4, 0.5) is 0 Å². The number of hydrogen-bond acceptors (Lipinski definition) is 4. The van der Waals surface area contributed by atoms with Gasteiger partial charge in [0.2, 0.25) is 6.61 Å². The molecular formula is C11H13NO4. The van der Waals surface area contributed by atoms with Gasteiger partial charge in [-0.05, 0) is 24.5 Å². The molecule has 1 aliphatic carbocycles. The maximum absolute atomic E-state index is 10.1. The Labute approximate surface area is 92.7 Å². The topological polar surface area (TPSA) is 72.0 Å². The average molecular weight is 223 g/mol. The molecule has 5 nitrogen and oxygen atoms in total. The highest BCUT2D eigenvalue weighted by Gasteiger charge is 2.36. The van der Waals surface area contributed by atoms with E-state index in [9.17, 15) is 4.79 Å². The van der Waals surface area contributed by atoms with Gasteiger partial charge in [0.05, 0.1) is 0 Å². The fourth-order valence-corrected chi connectivity index (χ4v) is 1.54. The molecule has 1 heterocycles. The van der Waals surface area contributed by atoms with Crippen LogP contribution in [0, 0.1) is 5.92 Å². The Balaban J connectivity index is 1.85. The Morgan fingerprint density at radius 3 is 3.12 bits per heavy atom. The van der Waals surface area contributed by atoms with Crippen molar-refractivity contribution < 1.29 is 19.2 Å². The molecule has 0 aliphatic heterocycles. The van der Waals surface area contributed by atoms with Crippen LogP contribution in [0.15, 0.2) is 21.7 Å². The molecule has 2 unspecified atom stereocenters. The molecule has 0 aromatic carbocycles. The van der Waals surface area contributed by atoms with Gasteiger partial charge in [0.15, 0.2) is 0 Å². The lowest BCUT2D eigenvalue weighted by Crippen LogP contribution is -2.03. The van der Waals surface area contributed by atoms with Gasteiger partial charge in [-0.25, -0.2) is 4.79 Å². The number of carboxylic acid groups (broad SMARTS) is 1. The summed E-state index contributed by atoms with van der Waals surface area (Å²) in [5, 5.41) is 11.8. The molecule has 1 aliphatic rings. The predicted octanol–water partition coefficient (Wildman–Crippen LogP) is 1.84. The maximum atomic E-state index is 10.1. The summed E-state index contributed by atoms with van der Waals surface area (Å²) in [4.78, 5) is 14.6. The lowest BCUT2D eigenvalue weighted by molar-refractivity contribution is -0.142. The number of nitrogens with zero attached hydrogens (tertiary/aromatic N) is 1. The lowest BCUT2D eigenvalue weighted by atomic mass is 10.3. The Morgan fingerprint density at radius 1 is 1.75 bits per heavy atom. The zero-order valence-corrected chi connectivity index (χ0v) is 8.92. The molecule has 0 radical (unpaired) electrons. The second-order valence-electron chi connectivity index (χ2n) is 3.96. The molecule has 2 atom stereocenters. The summed E-state index contributed by atoms with van der Waals surface area (Å²) in [6, 6.07) is 3.72. The molecule has 0 spiro atoms. The van der Waals surface area contributed by atoms with Gasteiger partial charge in [0.25, 0.3) is 0 Å². The summed E-state index contributed by atoms with van der Waals surface area (Å²) >= 11 is 0. The Bertz CT molecular complexity index is 410. The Kier molecular flexibility index (Phi) is 2.94. The van der Waals surface area contributed by atoms with Crippen molar-refractivity contribution in [3.8, 4) is 0 Å². The minimum atomic E-state index is -1.05. The molecule has 0 saturated heterocycles. The van der Waals surface area contributed by atoms with E-state index in [1.54, 1.807) is 6.07 Å². The average Bonchev–Trinajstić information content (AvgIpc) is 2.79. The van der Waals surface area contributed by atoms with Crippen LogP contribution in [0.1, 0.15) is 30.8 Å². The number of rotatable bonds is 5. The minimum absolute atomic E-state index is 0.441. The van der Waals surface area contributed by atoms with Crippen molar-refractivity contribution in [2.45, 2.75) is 19.3 Å². The molecule has 0 amide bonds. The number of carboxylic acids is 1. The van der Waals surface area contributed by atoms with E-state index in [-0.39, 0.29) is 0 Å². The van der Waals surface area contributed by atoms with Gasteiger partial charge in [-0.15, -0.1) is 0 Å². The van der Waals surface area contributed by atoms with Gasteiger partial charge in [-0.3, -0.25) is 0 Å². The van der Waals surface area contributed by atoms with Crippen LogP contribution >= 0.6 is 0 Å².